The average molecular weight is 737 g/mol. The van der Waals surface area contributed by atoms with Crippen LogP contribution in [-0.4, -0.2) is 146 Å². The topological polar surface area (TPSA) is 197 Å². The van der Waals surface area contributed by atoms with Crippen molar-refractivity contribution < 1.29 is 23.7 Å². The highest BCUT2D eigenvalue weighted by Crippen LogP contribution is 2.24. The molecule has 0 spiro atoms. The fourth-order valence-corrected chi connectivity index (χ4v) is 5.71. The number of aromatic nitrogens is 6. The van der Waals surface area contributed by atoms with Gasteiger partial charge in [0.1, 0.15) is 12.6 Å². The van der Waals surface area contributed by atoms with Gasteiger partial charge < -0.3 is 50.4 Å². The van der Waals surface area contributed by atoms with Gasteiger partial charge in [0.2, 0.25) is 23.8 Å². The largest absolute Gasteiger partial charge is 0.378 e. The summed E-state index contributed by atoms with van der Waals surface area (Å²) in [7, 11) is 0. The van der Waals surface area contributed by atoms with E-state index in [1.807, 2.05) is 11.1 Å². The van der Waals surface area contributed by atoms with E-state index in [0.717, 1.165) is 19.3 Å². The molecule has 1 amide bonds. The molecule has 5 N–H and O–H groups in total. The molecule has 0 aliphatic carbocycles. The second-order valence-electron chi connectivity index (χ2n) is 12.7. The lowest BCUT2D eigenvalue weighted by Crippen LogP contribution is -2.51. The number of carbonyl (C=O) groups excluding carboxylic acids is 1. The molecule has 0 bridgehead atoms. The van der Waals surface area contributed by atoms with E-state index in [1.165, 1.54) is 0 Å². The standard InChI is InChI=1S/C33H56N12O5.ClH/c1-4-16-47-20-22-50-23-21-48-17-9-36-31-37-32(39-33(38-31)44-14-18-49-19-15-44)43-12-10-42(11-13-43)30(46)29(7-5-6-8-34)45-25-28(40-41-45)27(35)24-26(2)3;/h1,25-27,29H,5-24,34-35H2,2-3H3,(H,36,37,38,39);1H/t27-,29-;/m0./s1. The van der Waals surface area contributed by atoms with Crippen LogP contribution in [0.1, 0.15) is 57.3 Å². The number of halogens is 1. The number of terminal acetylenes is 1. The Balaban J connectivity index is 0.00000702. The normalized spacial score (nSPS) is 16.1. The van der Waals surface area contributed by atoms with Crippen LogP contribution in [0.25, 0.3) is 0 Å². The molecule has 0 saturated carbocycles. The molecule has 4 heterocycles. The van der Waals surface area contributed by atoms with E-state index in [0.29, 0.717) is 134 Å². The molecule has 51 heavy (non-hydrogen) atoms. The monoisotopic (exact) mass is 736 g/mol. The lowest BCUT2D eigenvalue weighted by molar-refractivity contribution is -0.135. The maximum absolute atomic E-state index is 13.9. The van der Waals surface area contributed by atoms with E-state index in [4.69, 9.17) is 51.8 Å². The van der Waals surface area contributed by atoms with Gasteiger partial charge in [-0.25, -0.2) is 4.68 Å². The summed E-state index contributed by atoms with van der Waals surface area (Å²) in [6, 6.07) is -0.694. The van der Waals surface area contributed by atoms with E-state index < -0.39 is 6.04 Å². The van der Waals surface area contributed by atoms with Crippen molar-refractivity contribution in [2.45, 2.75) is 51.6 Å². The zero-order valence-electron chi connectivity index (χ0n) is 30.2. The average Bonchev–Trinajstić information content (AvgIpc) is 3.63. The van der Waals surface area contributed by atoms with Crippen LogP contribution in [0, 0.1) is 18.3 Å². The molecule has 2 aromatic heterocycles. The fraction of sp³-hybridized carbons (Fsp3) is 0.758. The highest BCUT2D eigenvalue weighted by molar-refractivity contribution is 5.85. The highest BCUT2D eigenvalue weighted by Gasteiger charge is 2.31. The SMILES string of the molecule is C#CCOCCOCCOCCNc1nc(N2CCOCC2)nc(N2CCN(C(=O)[C@H](CCCCN)n3cc([C@@H](N)CC(C)C)nn3)CC2)n1.Cl. The summed E-state index contributed by atoms with van der Waals surface area (Å²) in [6.45, 7) is 12.7. The molecule has 0 unspecified atom stereocenters. The third kappa shape index (κ3) is 13.9. The lowest BCUT2D eigenvalue weighted by atomic mass is 10.0. The van der Waals surface area contributed by atoms with Crippen molar-refractivity contribution in [1.82, 2.24) is 34.8 Å². The number of hydrogen-bond donors (Lipinski definition) is 3. The molecule has 2 aliphatic rings. The number of amides is 1. The summed E-state index contributed by atoms with van der Waals surface area (Å²) in [4.78, 5) is 34.3. The van der Waals surface area contributed by atoms with Crippen LogP contribution in [0.5, 0.6) is 0 Å². The molecule has 2 saturated heterocycles. The number of unbranched alkanes of at least 4 members (excludes halogenated alkanes) is 1. The Hall–Kier alpha value is -3.37. The van der Waals surface area contributed by atoms with Gasteiger partial charge in [-0.05, 0) is 38.1 Å². The Morgan fingerprint density at radius 3 is 2.25 bits per heavy atom. The molecule has 0 aromatic carbocycles. The number of nitrogens with one attached hydrogen (secondary N) is 1. The number of morpholine rings is 1. The summed E-state index contributed by atoms with van der Waals surface area (Å²) in [5.74, 6) is 4.50. The quantitative estimate of drug-likeness (QED) is 0.114. The van der Waals surface area contributed by atoms with Gasteiger partial charge in [0.05, 0.1) is 64.2 Å². The number of ether oxygens (including phenoxy) is 4. The first-order chi connectivity index (χ1) is 24.4. The number of piperazine rings is 1. The van der Waals surface area contributed by atoms with Gasteiger partial charge >= 0.3 is 0 Å². The first-order valence-electron chi connectivity index (χ1n) is 17.8. The summed E-state index contributed by atoms with van der Waals surface area (Å²) in [6.07, 6.45) is 10.1. The molecule has 0 radical (unpaired) electrons. The summed E-state index contributed by atoms with van der Waals surface area (Å²) in [5.41, 5.74) is 12.9. The van der Waals surface area contributed by atoms with Crippen molar-refractivity contribution >= 4 is 36.2 Å². The minimum Gasteiger partial charge on any atom is -0.378 e. The molecule has 2 aliphatic heterocycles. The molecule has 2 aromatic rings. The van der Waals surface area contributed by atoms with Crippen LogP contribution < -0.4 is 26.6 Å². The molecule has 4 rings (SSSR count). The Morgan fingerprint density at radius 2 is 1.61 bits per heavy atom. The van der Waals surface area contributed by atoms with Gasteiger partial charge in [0.25, 0.3) is 0 Å². The number of nitrogens with two attached hydrogens (primary N) is 2. The van der Waals surface area contributed by atoms with Crippen molar-refractivity contribution in [2.75, 3.05) is 120 Å². The summed E-state index contributed by atoms with van der Waals surface area (Å²) >= 11 is 0. The van der Waals surface area contributed by atoms with Crippen LogP contribution in [0.15, 0.2) is 6.20 Å². The highest BCUT2D eigenvalue weighted by atomic mass is 35.5. The van der Waals surface area contributed by atoms with E-state index >= 15 is 0 Å². The zero-order valence-corrected chi connectivity index (χ0v) is 31.0. The van der Waals surface area contributed by atoms with Crippen molar-refractivity contribution in [3.05, 3.63) is 11.9 Å². The Labute approximate surface area is 307 Å². The predicted molar refractivity (Wildman–Crippen MR) is 197 cm³/mol. The molecule has 2 atom stereocenters. The van der Waals surface area contributed by atoms with Crippen LogP contribution in [0.2, 0.25) is 0 Å². The van der Waals surface area contributed by atoms with Crippen LogP contribution in [-0.2, 0) is 23.7 Å². The summed E-state index contributed by atoms with van der Waals surface area (Å²) in [5, 5.41) is 12.0. The zero-order chi connectivity index (χ0) is 35.6. The van der Waals surface area contributed by atoms with Crippen molar-refractivity contribution in [3.8, 4) is 12.3 Å². The Bertz CT molecular complexity index is 1320. The smallest absolute Gasteiger partial charge is 0.247 e. The summed E-state index contributed by atoms with van der Waals surface area (Å²) < 4.78 is 23.6. The van der Waals surface area contributed by atoms with Crippen molar-refractivity contribution in [3.63, 3.8) is 0 Å². The first-order valence-corrected chi connectivity index (χ1v) is 17.8. The first kappa shape index (κ1) is 42.0. The van der Waals surface area contributed by atoms with Gasteiger partial charge in [-0.3, -0.25) is 4.79 Å². The van der Waals surface area contributed by atoms with Crippen LogP contribution in [0.3, 0.4) is 0 Å². The van der Waals surface area contributed by atoms with Crippen molar-refractivity contribution in [1.29, 1.82) is 0 Å². The number of rotatable bonds is 22. The van der Waals surface area contributed by atoms with Crippen molar-refractivity contribution in [2.24, 2.45) is 17.4 Å². The minimum atomic E-state index is -0.469. The number of carbonyl (C=O) groups is 1. The Morgan fingerprint density at radius 1 is 0.961 bits per heavy atom. The second kappa shape index (κ2) is 23.2. The number of hydrogen-bond acceptors (Lipinski definition) is 15. The maximum atomic E-state index is 13.9. The third-order valence-electron chi connectivity index (χ3n) is 8.41. The Kier molecular flexibility index (Phi) is 19.2. The second-order valence-corrected chi connectivity index (χ2v) is 12.7. The molecule has 17 nitrogen and oxygen atoms in total. The van der Waals surface area contributed by atoms with E-state index in [2.05, 4.69) is 45.2 Å². The third-order valence-corrected chi connectivity index (χ3v) is 8.41. The molecule has 286 valence electrons. The van der Waals surface area contributed by atoms with Gasteiger partial charge in [0, 0.05) is 45.8 Å². The van der Waals surface area contributed by atoms with Gasteiger partial charge in [-0.2, -0.15) is 15.0 Å². The predicted octanol–water partition coefficient (Wildman–Crippen LogP) is 0.881. The molecule has 2 fully saturated rings. The van der Waals surface area contributed by atoms with Gasteiger partial charge in [-0.1, -0.05) is 25.0 Å². The van der Waals surface area contributed by atoms with Gasteiger partial charge in [-0.15, -0.1) is 23.9 Å². The number of anilines is 3. The molecule has 18 heteroatoms. The maximum Gasteiger partial charge on any atom is 0.247 e. The minimum absolute atomic E-state index is 0. The van der Waals surface area contributed by atoms with E-state index in [1.54, 1.807) is 4.68 Å². The van der Waals surface area contributed by atoms with Gasteiger partial charge in [0.15, 0.2) is 0 Å². The molecular formula is C33H57ClN12O5. The lowest BCUT2D eigenvalue weighted by Gasteiger charge is -2.36. The van der Waals surface area contributed by atoms with E-state index in [9.17, 15) is 4.79 Å². The van der Waals surface area contributed by atoms with Crippen LogP contribution >= 0.6 is 12.4 Å². The van der Waals surface area contributed by atoms with Crippen LogP contribution in [0.4, 0.5) is 17.8 Å². The fourth-order valence-electron chi connectivity index (χ4n) is 5.71. The van der Waals surface area contributed by atoms with E-state index in [-0.39, 0.29) is 31.0 Å². The number of nitrogens with zero attached hydrogens (tertiary/aromatic N) is 9. The molecular weight excluding hydrogens is 680 g/mol.